The fourth-order valence-electron chi connectivity index (χ4n) is 1.57. The molecule has 21 heavy (non-hydrogen) atoms. The second kappa shape index (κ2) is 7.31. The number of unbranched alkanes of at least 4 members (excludes halogenated alkanes) is 1. The predicted molar refractivity (Wildman–Crippen MR) is 71.2 cm³/mol. The Labute approximate surface area is 123 Å². The molecule has 0 heterocycles. The van der Waals surface area contributed by atoms with Gasteiger partial charge in [-0.15, -0.1) is 0 Å². The number of hydrogen-bond donors (Lipinski definition) is 2. The van der Waals surface area contributed by atoms with E-state index in [4.69, 9.17) is 16.7 Å². The van der Waals surface area contributed by atoms with Gasteiger partial charge in [0.25, 0.3) is 0 Å². The Kier molecular flexibility index (Phi) is 6.02. The first-order valence-electron chi connectivity index (χ1n) is 6.08. The van der Waals surface area contributed by atoms with E-state index in [-0.39, 0.29) is 23.6 Å². The van der Waals surface area contributed by atoms with Gasteiger partial charge in [0.1, 0.15) is 0 Å². The van der Waals surface area contributed by atoms with E-state index in [1.807, 2.05) is 0 Å². The number of alkyl halides is 3. The number of benzene rings is 1. The minimum atomic E-state index is -4.52. The summed E-state index contributed by atoms with van der Waals surface area (Å²) < 4.78 is 37.6. The Bertz CT molecular complexity index is 532. The number of hydrogen-bond acceptors (Lipinski definition) is 2. The normalized spacial score (nSPS) is 11.2. The van der Waals surface area contributed by atoms with E-state index in [0.29, 0.717) is 12.8 Å². The van der Waals surface area contributed by atoms with Gasteiger partial charge in [-0.2, -0.15) is 13.2 Å². The van der Waals surface area contributed by atoms with Crippen LogP contribution in [0.2, 0.25) is 5.02 Å². The largest absolute Gasteiger partial charge is 0.481 e. The summed E-state index contributed by atoms with van der Waals surface area (Å²) in [5, 5.41) is 10.7. The van der Waals surface area contributed by atoms with Crippen molar-refractivity contribution in [2.24, 2.45) is 0 Å². The monoisotopic (exact) mass is 323 g/mol. The SMILES string of the molecule is O=C(O)CCCCC(=O)Nc1cc(C(F)(F)F)ccc1Cl. The van der Waals surface area contributed by atoms with Crippen LogP contribution in [0.4, 0.5) is 18.9 Å². The summed E-state index contributed by atoms with van der Waals surface area (Å²) in [5.41, 5.74) is -1.03. The quantitative estimate of drug-likeness (QED) is 0.779. The first-order chi connectivity index (χ1) is 9.70. The third kappa shape index (κ3) is 6.03. The molecule has 0 aliphatic rings. The molecule has 1 aromatic rings. The maximum absolute atomic E-state index is 12.5. The average molecular weight is 324 g/mol. The summed E-state index contributed by atoms with van der Waals surface area (Å²) in [4.78, 5) is 21.9. The number of carbonyl (C=O) groups is 2. The number of nitrogens with one attached hydrogen (secondary N) is 1. The topological polar surface area (TPSA) is 66.4 Å². The van der Waals surface area contributed by atoms with E-state index in [1.165, 1.54) is 0 Å². The predicted octanol–water partition coefficient (Wildman–Crippen LogP) is 3.94. The van der Waals surface area contributed by atoms with Gasteiger partial charge in [0.05, 0.1) is 16.3 Å². The lowest BCUT2D eigenvalue weighted by molar-refractivity contribution is -0.138. The molecule has 1 rings (SSSR count). The highest BCUT2D eigenvalue weighted by Gasteiger charge is 2.31. The van der Waals surface area contributed by atoms with E-state index < -0.39 is 23.6 Å². The van der Waals surface area contributed by atoms with Gasteiger partial charge < -0.3 is 10.4 Å². The molecule has 0 aliphatic heterocycles. The van der Waals surface area contributed by atoms with Crippen molar-refractivity contribution in [1.29, 1.82) is 0 Å². The van der Waals surface area contributed by atoms with Crippen LogP contribution in [0.5, 0.6) is 0 Å². The zero-order chi connectivity index (χ0) is 16.0. The van der Waals surface area contributed by atoms with Crippen LogP contribution in [0.3, 0.4) is 0 Å². The minimum absolute atomic E-state index is 0.00175. The number of aliphatic carboxylic acids is 1. The van der Waals surface area contributed by atoms with Gasteiger partial charge in [0, 0.05) is 12.8 Å². The van der Waals surface area contributed by atoms with E-state index in [9.17, 15) is 22.8 Å². The van der Waals surface area contributed by atoms with Crippen LogP contribution in [-0.2, 0) is 15.8 Å². The summed E-state index contributed by atoms with van der Waals surface area (Å²) >= 11 is 5.73. The number of anilines is 1. The highest BCUT2D eigenvalue weighted by molar-refractivity contribution is 6.33. The fourth-order valence-corrected chi connectivity index (χ4v) is 1.74. The zero-order valence-corrected chi connectivity index (χ0v) is 11.6. The molecule has 2 N–H and O–H groups in total. The Morgan fingerprint density at radius 3 is 2.38 bits per heavy atom. The van der Waals surface area contributed by atoms with Gasteiger partial charge in [-0.05, 0) is 31.0 Å². The lowest BCUT2D eigenvalue weighted by atomic mass is 10.1. The van der Waals surface area contributed by atoms with Crippen molar-refractivity contribution in [2.75, 3.05) is 5.32 Å². The standard InChI is InChI=1S/C13H13ClF3NO3/c14-9-6-5-8(13(15,16)17)7-10(9)18-11(19)3-1-2-4-12(20)21/h5-7H,1-4H2,(H,18,19)(H,20,21). The van der Waals surface area contributed by atoms with Gasteiger partial charge in [-0.3, -0.25) is 9.59 Å². The molecular formula is C13H13ClF3NO3. The van der Waals surface area contributed by atoms with Gasteiger partial charge in [-0.25, -0.2) is 0 Å². The van der Waals surface area contributed by atoms with Crippen LogP contribution in [0, 0.1) is 0 Å². The molecule has 0 aliphatic carbocycles. The van der Waals surface area contributed by atoms with E-state index >= 15 is 0 Å². The number of amides is 1. The molecule has 116 valence electrons. The van der Waals surface area contributed by atoms with E-state index in [2.05, 4.69) is 5.32 Å². The third-order valence-electron chi connectivity index (χ3n) is 2.61. The number of carboxylic acid groups (broad SMARTS) is 1. The van der Waals surface area contributed by atoms with E-state index in [0.717, 1.165) is 18.2 Å². The maximum Gasteiger partial charge on any atom is 0.416 e. The molecule has 0 fully saturated rings. The summed E-state index contributed by atoms with van der Waals surface area (Å²) in [6.07, 6.45) is -3.92. The lowest BCUT2D eigenvalue weighted by Crippen LogP contribution is -2.13. The lowest BCUT2D eigenvalue weighted by Gasteiger charge is -2.11. The summed E-state index contributed by atoms with van der Waals surface area (Å²) in [5.74, 6) is -1.47. The second-order valence-corrected chi connectivity index (χ2v) is 4.75. The first kappa shape index (κ1) is 17.3. The molecule has 0 aromatic heterocycles. The molecule has 8 heteroatoms. The maximum atomic E-state index is 12.5. The minimum Gasteiger partial charge on any atom is -0.481 e. The van der Waals surface area contributed by atoms with Gasteiger partial charge in [0.2, 0.25) is 5.91 Å². The highest BCUT2D eigenvalue weighted by atomic mass is 35.5. The van der Waals surface area contributed by atoms with Gasteiger partial charge in [-0.1, -0.05) is 11.6 Å². The fraction of sp³-hybridized carbons (Fsp3) is 0.385. The Hall–Kier alpha value is -1.76. The number of rotatable bonds is 6. The number of carbonyl (C=O) groups excluding carboxylic acids is 1. The van der Waals surface area contributed by atoms with Crippen LogP contribution >= 0.6 is 11.6 Å². The molecule has 0 radical (unpaired) electrons. The molecule has 0 saturated heterocycles. The molecule has 0 atom stereocenters. The summed E-state index contributed by atoms with van der Waals surface area (Å²) in [7, 11) is 0. The van der Waals surface area contributed by atoms with Crippen molar-refractivity contribution in [2.45, 2.75) is 31.9 Å². The zero-order valence-electron chi connectivity index (χ0n) is 10.8. The van der Waals surface area contributed by atoms with Crippen LogP contribution < -0.4 is 5.32 Å². The van der Waals surface area contributed by atoms with Gasteiger partial charge in [0.15, 0.2) is 0 Å². The van der Waals surface area contributed by atoms with Crippen molar-refractivity contribution in [3.63, 3.8) is 0 Å². The van der Waals surface area contributed by atoms with Crippen LogP contribution in [0.1, 0.15) is 31.2 Å². The van der Waals surface area contributed by atoms with Crippen molar-refractivity contribution >= 4 is 29.2 Å². The smallest absolute Gasteiger partial charge is 0.416 e. The van der Waals surface area contributed by atoms with Crippen molar-refractivity contribution in [1.82, 2.24) is 0 Å². The van der Waals surface area contributed by atoms with Crippen LogP contribution in [0.15, 0.2) is 18.2 Å². The Morgan fingerprint density at radius 2 is 1.81 bits per heavy atom. The third-order valence-corrected chi connectivity index (χ3v) is 2.94. The Morgan fingerprint density at radius 1 is 1.19 bits per heavy atom. The molecule has 0 bridgehead atoms. The molecule has 0 unspecified atom stereocenters. The molecule has 0 spiro atoms. The van der Waals surface area contributed by atoms with Crippen LogP contribution in [0.25, 0.3) is 0 Å². The number of carboxylic acids is 1. The molecule has 1 aromatic carbocycles. The molecule has 0 saturated carbocycles. The van der Waals surface area contributed by atoms with Gasteiger partial charge >= 0.3 is 12.1 Å². The average Bonchev–Trinajstić information content (AvgIpc) is 2.36. The van der Waals surface area contributed by atoms with Crippen LogP contribution in [-0.4, -0.2) is 17.0 Å². The van der Waals surface area contributed by atoms with Crippen molar-refractivity contribution in [3.05, 3.63) is 28.8 Å². The molecule has 4 nitrogen and oxygen atoms in total. The summed E-state index contributed by atoms with van der Waals surface area (Å²) in [6.45, 7) is 0. The Balaban J connectivity index is 2.61. The van der Waals surface area contributed by atoms with Crippen molar-refractivity contribution in [3.8, 4) is 0 Å². The van der Waals surface area contributed by atoms with E-state index in [1.54, 1.807) is 0 Å². The second-order valence-electron chi connectivity index (χ2n) is 4.34. The van der Waals surface area contributed by atoms with Crippen molar-refractivity contribution < 1.29 is 27.9 Å². The number of halogens is 4. The first-order valence-corrected chi connectivity index (χ1v) is 6.46. The molecule has 1 amide bonds. The summed E-state index contributed by atoms with van der Waals surface area (Å²) in [6, 6.07) is 2.65. The highest BCUT2D eigenvalue weighted by Crippen LogP contribution is 2.33. The molecular weight excluding hydrogens is 311 g/mol.